The lowest BCUT2D eigenvalue weighted by Crippen LogP contribution is -2.45. The van der Waals surface area contributed by atoms with Crippen LogP contribution in [0, 0.1) is 0 Å². The van der Waals surface area contributed by atoms with Gasteiger partial charge in [0, 0.05) is 13.1 Å². The Labute approximate surface area is 143 Å². The number of anilines is 2. The van der Waals surface area contributed by atoms with E-state index >= 15 is 0 Å². The van der Waals surface area contributed by atoms with Gasteiger partial charge in [0.2, 0.25) is 0 Å². The second kappa shape index (κ2) is 8.80. The summed E-state index contributed by atoms with van der Waals surface area (Å²) in [5, 5.41) is 2.82. The molecule has 1 fully saturated rings. The fraction of sp³-hybridized carbons (Fsp3) is 0.556. The van der Waals surface area contributed by atoms with Gasteiger partial charge in [-0.05, 0) is 39.3 Å². The number of hydrogen-bond donors (Lipinski definition) is 1. The second-order valence-corrected chi connectivity index (χ2v) is 6.15. The van der Waals surface area contributed by atoms with Crippen molar-refractivity contribution in [3.05, 3.63) is 31.0 Å². The van der Waals surface area contributed by atoms with Gasteiger partial charge in [0.15, 0.2) is 0 Å². The molecule has 1 amide bonds. The maximum absolute atomic E-state index is 12.1. The van der Waals surface area contributed by atoms with Crippen molar-refractivity contribution >= 4 is 17.4 Å². The molecule has 1 aliphatic heterocycles. The molecule has 1 saturated heterocycles. The zero-order chi connectivity index (χ0) is 17.5. The van der Waals surface area contributed by atoms with Crippen LogP contribution in [-0.2, 0) is 14.3 Å². The van der Waals surface area contributed by atoms with Gasteiger partial charge < -0.3 is 19.7 Å². The Bertz CT molecular complexity index is 537. The first kappa shape index (κ1) is 18.4. The molecular formula is C18H27N3O3. The molecule has 3 unspecified atom stereocenters. The highest BCUT2D eigenvalue weighted by molar-refractivity contribution is 5.93. The third-order valence-corrected chi connectivity index (χ3v) is 3.82. The quantitative estimate of drug-likeness (QED) is 0.614. The maximum Gasteiger partial charge on any atom is 0.253 e. The number of aromatic nitrogens is 1. The smallest absolute Gasteiger partial charge is 0.253 e. The topological polar surface area (TPSA) is 63.7 Å². The third kappa shape index (κ3) is 5.32. The van der Waals surface area contributed by atoms with Crippen LogP contribution in [0.1, 0.15) is 27.2 Å². The van der Waals surface area contributed by atoms with Crippen LogP contribution in [0.5, 0.6) is 0 Å². The predicted octanol–water partition coefficient (Wildman–Crippen LogP) is 2.61. The Morgan fingerprint density at radius 1 is 1.50 bits per heavy atom. The zero-order valence-corrected chi connectivity index (χ0v) is 14.7. The molecule has 1 N–H and O–H groups in total. The van der Waals surface area contributed by atoms with E-state index in [1.54, 1.807) is 19.2 Å². The van der Waals surface area contributed by atoms with E-state index in [-0.39, 0.29) is 18.1 Å². The van der Waals surface area contributed by atoms with E-state index in [9.17, 15) is 4.79 Å². The normalized spacial score (nSPS) is 22.0. The predicted molar refractivity (Wildman–Crippen MR) is 95.3 cm³/mol. The minimum absolute atomic E-state index is 0.178. The first-order valence-corrected chi connectivity index (χ1v) is 8.39. The second-order valence-electron chi connectivity index (χ2n) is 6.15. The number of rotatable bonds is 7. The van der Waals surface area contributed by atoms with Gasteiger partial charge >= 0.3 is 0 Å². The highest BCUT2D eigenvalue weighted by Crippen LogP contribution is 2.19. The number of carbonyl (C=O) groups excluding carboxylic acids is 1. The number of carbonyl (C=O) groups is 1. The molecule has 1 aromatic rings. The fourth-order valence-corrected chi connectivity index (χ4v) is 2.66. The molecule has 0 aliphatic carbocycles. The number of nitrogens with zero attached hydrogens (tertiary/aromatic N) is 2. The number of amides is 1. The Hall–Kier alpha value is -1.92. The summed E-state index contributed by atoms with van der Waals surface area (Å²) in [4.78, 5) is 18.7. The summed E-state index contributed by atoms with van der Waals surface area (Å²) >= 11 is 0. The monoisotopic (exact) mass is 333 g/mol. The van der Waals surface area contributed by atoms with Crippen LogP contribution in [0.15, 0.2) is 31.0 Å². The molecule has 3 atom stereocenters. The number of hydrogen-bond acceptors (Lipinski definition) is 5. The van der Waals surface area contributed by atoms with E-state index in [0.29, 0.717) is 12.3 Å². The van der Waals surface area contributed by atoms with Crippen molar-refractivity contribution in [3.8, 4) is 0 Å². The third-order valence-electron chi connectivity index (χ3n) is 3.82. The lowest BCUT2D eigenvalue weighted by atomic mass is 10.2. The van der Waals surface area contributed by atoms with Gasteiger partial charge in [0.05, 0.1) is 30.7 Å². The Balaban J connectivity index is 1.89. The molecule has 132 valence electrons. The summed E-state index contributed by atoms with van der Waals surface area (Å²) in [6.45, 7) is 11.6. The van der Waals surface area contributed by atoms with E-state index in [1.165, 1.54) is 0 Å². The Kier molecular flexibility index (Phi) is 6.75. The van der Waals surface area contributed by atoms with E-state index < -0.39 is 6.10 Å². The van der Waals surface area contributed by atoms with Gasteiger partial charge in [-0.15, -0.1) is 6.58 Å². The van der Waals surface area contributed by atoms with Crippen molar-refractivity contribution in [1.29, 1.82) is 0 Å². The molecule has 24 heavy (non-hydrogen) atoms. The highest BCUT2D eigenvalue weighted by Gasteiger charge is 2.23. The van der Waals surface area contributed by atoms with E-state index in [1.807, 2.05) is 12.1 Å². The molecule has 0 radical (unpaired) electrons. The van der Waals surface area contributed by atoms with E-state index in [4.69, 9.17) is 9.47 Å². The first-order valence-electron chi connectivity index (χ1n) is 8.39. The van der Waals surface area contributed by atoms with Crippen molar-refractivity contribution in [2.45, 2.75) is 45.5 Å². The summed E-state index contributed by atoms with van der Waals surface area (Å²) in [6, 6.07) is 3.78. The van der Waals surface area contributed by atoms with Crippen LogP contribution in [0.3, 0.4) is 0 Å². The molecule has 1 aliphatic rings. The first-order chi connectivity index (χ1) is 11.5. The maximum atomic E-state index is 12.1. The van der Waals surface area contributed by atoms with Crippen molar-refractivity contribution in [3.63, 3.8) is 0 Å². The van der Waals surface area contributed by atoms with E-state index in [0.717, 1.165) is 25.3 Å². The van der Waals surface area contributed by atoms with Gasteiger partial charge in [-0.1, -0.05) is 6.08 Å². The Morgan fingerprint density at radius 3 is 2.79 bits per heavy atom. The van der Waals surface area contributed by atoms with Crippen LogP contribution in [-0.4, -0.2) is 48.9 Å². The molecule has 1 aromatic heterocycles. The minimum atomic E-state index is -0.509. The molecule has 6 nitrogen and oxygen atoms in total. The molecule has 0 spiro atoms. The molecule has 2 heterocycles. The lowest BCUT2D eigenvalue weighted by Gasteiger charge is -2.36. The zero-order valence-electron chi connectivity index (χ0n) is 14.7. The van der Waals surface area contributed by atoms with Crippen molar-refractivity contribution in [2.75, 3.05) is 29.9 Å². The number of pyridine rings is 1. The molecular weight excluding hydrogens is 306 g/mol. The van der Waals surface area contributed by atoms with Crippen molar-refractivity contribution < 1.29 is 14.3 Å². The Morgan fingerprint density at radius 2 is 2.21 bits per heavy atom. The summed E-state index contributed by atoms with van der Waals surface area (Å²) in [6.07, 6.45) is 4.02. The molecule has 2 rings (SSSR count). The standard InChI is InChI=1S/C18H27N3O3/c1-5-6-9-23-15(4)18(22)20-16-7-8-17(19-10-16)21-11-13(2)24-14(3)12-21/h5,7-8,10,13-15H,1,6,9,11-12H2,2-4H3,(H,20,22). The molecule has 0 aromatic carbocycles. The average molecular weight is 333 g/mol. The summed E-state index contributed by atoms with van der Waals surface area (Å²) < 4.78 is 11.2. The number of ether oxygens (including phenoxy) is 2. The largest absolute Gasteiger partial charge is 0.372 e. The number of nitrogens with one attached hydrogen (secondary N) is 1. The summed E-state index contributed by atoms with van der Waals surface area (Å²) in [5.41, 5.74) is 0.664. The van der Waals surface area contributed by atoms with Crippen LogP contribution in [0.2, 0.25) is 0 Å². The molecule has 6 heteroatoms. The van der Waals surface area contributed by atoms with Crippen LogP contribution in [0.4, 0.5) is 11.5 Å². The summed E-state index contributed by atoms with van der Waals surface area (Å²) in [7, 11) is 0. The average Bonchev–Trinajstić information content (AvgIpc) is 2.54. The molecule has 0 saturated carbocycles. The van der Waals surface area contributed by atoms with Gasteiger partial charge in [-0.2, -0.15) is 0 Å². The van der Waals surface area contributed by atoms with Crippen LogP contribution < -0.4 is 10.2 Å². The minimum Gasteiger partial charge on any atom is -0.372 e. The fourth-order valence-electron chi connectivity index (χ4n) is 2.66. The molecule has 0 bridgehead atoms. The van der Waals surface area contributed by atoms with Crippen LogP contribution in [0.25, 0.3) is 0 Å². The van der Waals surface area contributed by atoms with Crippen LogP contribution >= 0.6 is 0 Å². The number of morpholine rings is 1. The lowest BCUT2D eigenvalue weighted by molar-refractivity contribution is -0.126. The van der Waals surface area contributed by atoms with Gasteiger partial charge in [-0.3, -0.25) is 4.79 Å². The summed E-state index contributed by atoms with van der Waals surface area (Å²) in [5.74, 6) is 0.715. The van der Waals surface area contributed by atoms with Gasteiger partial charge in [0.1, 0.15) is 11.9 Å². The van der Waals surface area contributed by atoms with Crippen molar-refractivity contribution in [2.24, 2.45) is 0 Å². The van der Waals surface area contributed by atoms with Gasteiger partial charge in [0.25, 0.3) is 5.91 Å². The SMILES string of the molecule is C=CCCOC(C)C(=O)Nc1ccc(N2CC(C)OC(C)C2)nc1. The van der Waals surface area contributed by atoms with Crippen molar-refractivity contribution in [1.82, 2.24) is 4.98 Å². The van der Waals surface area contributed by atoms with E-state index in [2.05, 4.69) is 35.6 Å². The van der Waals surface area contributed by atoms with Gasteiger partial charge in [-0.25, -0.2) is 4.98 Å². The highest BCUT2D eigenvalue weighted by atomic mass is 16.5.